The first kappa shape index (κ1) is 19.8. The number of likely N-dealkylation sites (tertiary alicyclic amines) is 1. The maximum Gasteiger partial charge on any atom is 0.254 e. The summed E-state index contributed by atoms with van der Waals surface area (Å²) >= 11 is 0. The van der Waals surface area contributed by atoms with Crippen molar-refractivity contribution in [2.24, 2.45) is 5.73 Å². The molecule has 2 atom stereocenters. The van der Waals surface area contributed by atoms with Gasteiger partial charge < -0.3 is 25.4 Å². The van der Waals surface area contributed by atoms with Crippen molar-refractivity contribution in [3.8, 4) is 5.75 Å². The Morgan fingerprint density at radius 3 is 2.78 bits per heavy atom. The molecule has 0 aliphatic carbocycles. The van der Waals surface area contributed by atoms with Gasteiger partial charge in [0.1, 0.15) is 12.4 Å². The fourth-order valence-electron chi connectivity index (χ4n) is 2.95. The van der Waals surface area contributed by atoms with Gasteiger partial charge in [-0.1, -0.05) is 0 Å². The first-order valence-corrected chi connectivity index (χ1v) is 7.25. The molecule has 3 rings (SSSR count). The number of halogens is 2. The molecule has 0 bridgehead atoms. The number of benzene rings is 1. The predicted molar refractivity (Wildman–Crippen MR) is 94.2 cm³/mol. The van der Waals surface area contributed by atoms with Gasteiger partial charge in [-0.3, -0.25) is 4.79 Å². The van der Waals surface area contributed by atoms with E-state index >= 15 is 0 Å². The second kappa shape index (κ2) is 8.06. The van der Waals surface area contributed by atoms with Crippen molar-refractivity contribution in [2.75, 3.05) is 38.2 Å². The van der Waals surface area contributed by atoms with Crippen molar-refractivity contribution in [3.63, 3.8) is 0 Å². The smallest absolute Gasteiger partial charge is 0.254 e. The van der Waals surface area contributed by atoms with Crippen molar-refractivity contribution >= 4 is 36.4 Å². The molecule has 0 radical (unpaired) electrons. The summed E-state index contributed by atoms with van der Waals surface area (Å²) in [5.74, 6) is 0.625. The number of nitrogens with two attached hydrogens (primary N) is 1. The van der Waals surface area contributed by atoms with Crippen molar-refractivity contribution < 1.29 is 14.6 Å². The lowest BCUT2D eigenvalue weighted by Gasteiger charge is -2.34. The first-order chi connectivity index (χ1) is 10.0. The molecule has 2 aliphatic rings. The van der Waals surface area contributed by atoms with Gasteiger partial charge in [0.25, 0.3) is 5.91 Å². The predicted octanol–water partition coefficient (Wildman–Crippen LogP) is 0.893. The van der Waals surface area contributed by atoms with Crippen molar-refractivity contribution in [1.82, 2.24) is 4.90 Å². The Labute approximate surface area is 148 Å². The van der Waals surface area contributed by atoms with E-state index in [1.165, 1.54) is 0 Å². The Morgan fingerprint density at radius 1 is 1.35 bits per heavy atom. The third-order valence-corrected chi connectivity index (χ3v) is 4.05. The van der Waals surface area contributed by atoms with E-state index in [2.05, 4.69) is 4.90 Å². The molecule has 2 heterocycles. The summed E-state index contributed by atoms with van der Waals surface area (Å²) in [6, 6.07) is 5.32. The number of fused-ring (bicyclic) bond motifs is 1. The van der Waals surface area contributed by atoms with Gasteiger partial charge in [0, 0.05) is 31.7 Å². The Morgan fingerprint density at radius 2 is 2.09 bits per heavy atom. The standard InChI is InChI=1S/C15H21N3O3.2ClH/c1-17-4-5-21-14-6-10(2-3-13(14)17)15(20)18-8-11(16)7-12(19)9-18;;/h2-3,6,11-12,19H,4-5,7-9,16H2,1H3;2*1H/t11-,12+;;/m0../s1. The molecule has 8 heteroatoms. The normalized spacial score (nSPS) is 23.1. The van der Waals surface area contributed by atoms with Crippen LogP contribution in [0, 0.1) is 0 Å². The SMILES string of the molecule is CN1CCOc2cc(C(=O)N3C[C@@H](N)C[C@@H](O)C3)ccc21.Cl.Cl. The number of β-amino-alcohol motifs (C(OH)–C–C–N with tert-alkyl or cyclic N) is 1. The fourth-order valence-corrected chi connectivity index (χ4v) is 2.95. The minimum absolute atomic E-state index is 0. The van der Waals surface area contributed by atoms with E-state index in [4.69, 9.17) is 10.5 Å². The number of amides is 1. The Bertz CT molecular complexity index is 549. The lowest BCUT2D eigenvalue weighted by molar-refractivity contribution is 0.0423. The number of nitrogens with zero attached hydrogens (tertiary/aromatic N) is 2. The largest absolute Gasteiger partial charge is 0.490 e. The number of hydrogen-bond acceptors (Lipinski definition) is 5. The van der Waals surface area contributed by atoms with Gasteiger partial charge in [0.05, 0.1) is 18.3 Å². The number of hydrogen-bond donors (Lipinski definition) is 2. The quantitative estimate of drug-likeness (QED) is 0.774. The van der Waals surface area contributed by atoms with Crippen LogP contribution in [-0.2, 0) is 0 Å². The van der Waals surface area contributed by atoms with Gasteiger partial charge in [-0.05, 0) is 24.6 Å². The molecule has 1 saturated heterocycles. The summed E-state index contributed by atoms with van der Waals surface area (Å²) in [4.78, 5) is 16.3. The zero-order valence-electron chi connectivity index (χ0n) is 13.0. The highest BCUT2D eigenvalue weighted by molar-refractivity contribution is 5.95. The lowest BCUT2D eigenvalue weighted by atomic mass is 10.0. The van der Waals surface area contributed by atoms with Gasteiger partial charge in [0.2, 0.25) is 0 Å². The van der Waals surface area contributed by atoms with Crippen LogP contribution in [0.3, 0.4) is 0 Å². The van der Waals surface area contributed by atoms with E-state index in [0.29, 0.717) is 31.7 Å². The van der Waals surface area contributed by atoms with Crippen molar-refractivity contribution in [2.45, 2.75) is 18.6 Å². The molecule has 23 heavy (non-hydrogen) atoms. The maximum atomic E-state index is 12.5. The fraction of sp³-hybridized carbons (Fsp3) is 0.533. The summed E-state index contributed by atoms with van der Waals surface area (Å²) in [6.07, 6.45) is -0.000261. The van der Waals surface area contributed by atoms with Crippen LogP contribution in [0.1, 0.15) is 16.8 Å². The van der Waals surface area contributed by atoms with E-state index < -0.39 is 6.10 Å². The number of piperidine rings is 1. The molecule has 130 valence electrons. The number of carbonyl (C=O) groups is 1. The van der Waals surface area contributed by atoms with Crippen LogP contribution in [0.4, 0.5) is 5.69 Å². The van der Waals surface area contributed by atoms with Crippen LogP contribution in [-0.4, -0.2) is 61.3 Å². The topological polar surface area (TPSA) is 79.0 Å². The molecule has 6 nitrogen and oxygen atoms in total. The molecule has 0 saturated carbocycles. The zero-order valence-corrected chi connectivity index (χ0v) is 14.6. The molecule has 1 aromatic carbocycles. The molecule has 0 unspecified atom stereocenters. The van der Waals surface area contributed by atoms with E-state index in [9.17, 15) is 9.90 Å². The van der Waals surface area contributed by atoms with Crippen LogP contribution in [0.2, 0.25) is 0 Å². The average molecular weight is 364 g/mol. The summed E-state index contributed by atoms with van der Waals surface area (Å²) in [5.41, 5.74) is 7.44. The summed E-state index contributed by atoms with van der Waals surface area (Å²) in [5, 5.41) is 9.77. The van der Waals surface area contributed by atoms with Gasteiger partial charge in [-0.15, -0.1) is 24.8 Å². The van der Waals surface area contributed by atoms with Gasteiger partial charge in [-0.2, -0.15) is 0 Å². The van der Waals surface area contributed by atoms with E-state index in [0.717, 1.165) is 18.0 Å². The highest BCUT2D eigenvalue weighted by Gasteiger charge is 2.28. The van der Waals surface area contributed by atoms with Crippen molar-refractivity contribution in [3.05, 3.63) is 23.8 Å². The van der Waals surface area contributed by atoms with E-state index in [1.807, 2.05) is 13.1 Å². The molecule has 1 fully saturated rings. The molecule has 3 N–H and O–H groups in total. The molecule has 0 aromatic heterocycles. The summed E-state index contributed by atoms with van der Waals surface area (Å²) < 4.78 is 5.63. The minimum Gasteiger partial charge on any atom is -0.490 e. The zero-order chi connectivity index (χ0) is 15.0. The molecule has 1 amide bonds. The number of ether oxygens (including phenoxy) is 1. The minimum atomic E-state index is -0.544. The van der Waals surface area contributed by atoms with E-state index in [-0.39, 0.29) is 36.8 Å². The van der Waals surface area contributed by atoms with Gasteiger partial charge >= 0.3 is 0 Å². The average Bonchev–Trinajstić information content (AvgIpc) is 2.45. The number of aliphatic hydroxyl groups is 1. The molecule has 0 spiro atoms. The molecular weight excluding hydrogens is 341 g/mol. The number of aliphatic hydroxyl groups excluding tert-OH is 1. The summed E-state index contributed by atoms with van der Waals surface area (Å²) in [7, 11) is 2.00. The van der Waals surface area contributed by atoms with Crippen molar-refractivity contribution in [1.29, 1.82) is 0 Å². The van der Waals surface area contributed by atoms with Gasteiger partial charge in [0.15, 0.2) is 0 Å². The monoisotopic (exact) mass is 363 g/mol. The highest BCUT2D eigenvalue weighted by Crippen LogP contribution is 2.32. The molecule has 1 aromatic rings. The van der Waals surface area contributed by atoms with E-state index in [1.54, 1.807) is 17.0 Å². The second-order valence-corrected chi connectivity index (χ2v) is 5.81. The number of carbonyl (C=O) groups excluding carboxylic acids is 1. The Kier molecular flexibility index (Phi) is 6.95. The third-order valence-electron chi connectivity index (χ3n) is 4.05. The van der Waals surface area contributed by atoms with Crippen LogP contribution < -0.4 is 15.4 Å². The Balaban J connectivity index is 0.00000132. The van der Waals surface area contributed by atoms with Crippen LogP contribution in [0.25, 0.3) is 0 Å². The molecule has 2 aliphatic heterocycles. The van der Waals surface area contributed by atoms with Gasteiger partial charge in [-0.25, -0.2) is 0 Å². The summed E-state index contributed by atoms with van der Waals surface area (Å²) in [6.45, 7) is 2.28. The number of likely N-dealkylation sites (N-methyl/N-ethyl adjacent to an activating group) is 1. The molecular formula is C15H23Cl2N3O3. The highest BCUT2D eigenvalue weighted by atomic mass is 35.5. The maximum absolute atomic E-state index is 12.5. The second-order valence-electron chi connectivity index (χ2n) is 5.81. The number of anilines is 1. The number of rotatable bonds is 1. The van der Waals surface area contributed by atoms with Crippen LogP contribution in [0.15, 0.2) is 18.2 Å². The van der Waals surface area contributed by atoms with Crippen LogP contribution >= 0.6 is 24.8 Å². The Hall–Kier alpha value is -1.21. The van der Waals surface area contributed by atoms with Crippen LogP contribution in [0.5, 0.6) is 5.75 Å². The lowest BCUT2D eigenvalue weighted by Crippen LogP contribution is -2.51. The third kappa shape index (κ3) is 4.20. The first-order valence-electron chi connectivity index (χ1n) is 7.25.